The number of aromatic hydroxyl groups is 1. The van der Waals surface area contributed by atoms with Crippen LogP contribution in [-0.4, -0.2) is 17.5 Å². The van der Waals surface area contributed by atoms with Gasteiger partial charge in [-0.1, -0.05) is 48.5 Å². The zero-order valence-corrected chi connectivity index (χ0v) is 18.0. The number of ketones is 1. The molecule has 1 aliphatic heterocycles. The lowest BCUT2D eigenvalue weighted by molar-refractivity contribution is -0.116. The molecule has 0 unspecified atom stereocenters. The summed E-state index contributed by atoms with van der Waals surface area (Å²) in [6.45, 7) is 2.33. The van der Waals surface area contributed by atoms with E-state index in [9.17, 15) is 9.90 Å². The minimum atomic E-state index is -0.342. The van der Waals surface area contributed by atoms with Crippen LogP contribution in [0.25, 0.3) is 0 Å². The Balaban J connectivity index is 1.61. The smallest absolute Gasteiger partial charge is 0.163 e. The third-order valence-electron chi connectivity index (χ3n) is 6.20. The Morgan fingerprint density at radius 2 is 1.69 bits per heavy atom. The van der Waals surface area contributed by atoms with Crippen molar-refractivity contribution in [3.63, 3.8) is 0 Å². The van der Waals surface area contributed by atoms with Crippen molar-refractivity contribution in [2.24, 2.45) is 0 Å². The zero-order chi connectivity index (χ0) is 22.1. The van der Waals surface area contributed by atoms with Gasteiger partial charge >= 0.3 is 0 Å². The first-order chi connectivity index (χ1) is 15.6. The van der Waals surface area contributed by atoms with Crippen LogP contribution in [0.15, 0.2) is 84.1 Å². The Labute approximate surface area is 187 Å². The molecule has 32 heavy (non-hydrogen) atoms. The van der Waals surface area contributed by atoms with E-state index in [0.29, 0.717) is 18.8 Å². The average molecular weight is 427 g/mol. The second kappa shape index (κ2) is 8.42. The molecule has 1 heterocycles. The zero-order valence-electron chi connectivity index (χ0n) is 18.0. The summed E-state index contributed by atoms with van der Waals surface area (Å²) < 4.78 is 5.61. The van der Waals surface area contributed by atoms with Crippen LogP contribution in [0.3, 0.4) is 0 Å². The summed E-state index contributed by atoms with van der Waals surface area (Å²) in [5.41, 5.74) is 5.64. The lowest BCUT2D eigenvalue weighted by atomic mass is 9.78. The minimum Gasteiger partial charge on any atom is -0.504 e. The second-order valence-corrected chi connectivity index (χ2v) is 8.24. The Morgan fingerprint density at radius 3 is 2.47 bits per heavy atom. The number of hydrogen-bond donors (Lipinski definition) is 3. The van der Waals surface area contributed by atoms with E-state index in [0.717, 1.165) is 34.6 Å². The highest BCUT2D eigenvalue weighted by Gasteiger charge is 2.36. The first kappa shape index (κ1) is 20.2. The third kappa shape index (κ3) is 3.71. The summed E-state index contributed by atoms with van der Waals surface area (Å²) in [4.78, 5) is 13.6. The van der Waals surface area contributed by atoms with Gasteiger partial charge in [0.15, 0.2) is 17.3 Å². The van der Waals surface area contributed by atoms with Gasteiger partial charge in [-0.2, -0.15) is 0 Å². The van der Waals surface area contributed by atoms with Gasteiger partial charge in [-0.05, 0) is 54.7 Å². The Kier molecular flexibility index (Phi) is 5.31. The normalized spacial score (nSPS) is 19.8. The van der Waals surface area contributed by atoms with E-state index in [-0.39, 0.29) is 23.5 Å². The Bertz CT molecular complexity index is 1190. The summed E-state index contributed by atoms with van der Waals surface area (Å²) in [6.07, 6.45) is 1.23. The van der Waals surface area contributed by atoms with Crippen molar-refractivity contribution in [3.05, 3.63) is 95.2 Å². The number of ether oxygens (including phenoxy) is 1. The van der Waals surface area contributed by atoms with E-state index < -0.39 is 0 Å². The summed E-state index contributed by atoms with van der Waals surface area (Å²) in [5, 5.41) is 17.3. The van der Waals surface area contributed by atoms with E-state index in [1.54, 1.807) is 6.07 Å². The lowest BCUT2D eigenvalue weighted by Crippen LogP contribution is -2.26. The molecular weight excluding hydrogens is 400 g/mol. The topological polar surface area (TPSA) is 70.6 Å². The van der Waals surface area contributed by atoms with E-state index in [4.69, 9.17) is 4.74 Å². The molecule has 0 spiro atoms. The second-order valence-electron chi connectivity index (χ2n) is 8.24. The van der Waals surface area contributed by atoms with Gasteiger partial charge in [-0.15, -0.1) is 0 Å². The molecule has 1 aliphatic carbocycles. The van der Waals surface area contributed by atoms with Gasteiger partial charge in [0.1, 0.15) is 0 Å². The summed E-state index contributed by atoms with van der Waals surface area (Å²) >= 11 is 0. The van der Waals surface area contributed by atoms with Crippen molar-refractivity contribution in [3.8, 4) is 11.5 Å². The number of carbonyl (C=O) groups excluding carboxylic acids is 1. The molecule has 0 amide bonds. The minimum absolute atomic E-state index is 0.0936. The van der Waals surface area contributed by atoms with Crippen molar-refractivity contribution in [1.82, 2.24) is 0 Å². The number of nitrogens with one attached hydrogen (secondary N) is 2. The van der Waals surface area contributed by atoms with Crippen LogP contribution in [0.4, 0.5) is 11.4 Å². The van der Waals surface area contributed by atoms with Crippen molar-refractivity contribution in [2.75, 3.05) is 17.2 Å². The van der Waals surface area contributed by atoms with E-state index >= 15 is 0 Å². The number of fused-ring (bicyclic) bond motifs is 1. The molecule has 2 atom stereocenters. The molecule has 3 aromatic rings. The Hall–Kier alpha value is -3.73. The van der Waals surface area contributed by atoms with Crippen LogP contribution < -0.4 is 15.4 Å². The van der Waals surface area contributed by atoms with Gasteiger partial charge in [0.2, 0.25) is 0 Å². The van der Waals surface area contributed by atoms with Crippen LogP contribution in [0.2, 0.25) is 0 Å². The molecule has 5 heteroatoms. The van der Waals surface area contributed by atoms with Gasteiger partial charge in [-0.3, -0.25) is 4.79 Å². The SMILES string of the molecule is CCOc1cc([C@@H]2Nc3ccccc3NC3=C2C(=O)C[C@H](c2ccccc2)C3)ccc1O. The van der Waals surface area contributed by atoms with Gasteiger partial charge in [-0.25, -0.2) is 0 Å². The number of phenols is 1. The fraction of sp³-hybridized carbons (Fsp3) is 0.222. The van der Waals surface area contributed by atoms with Crippen LogP contribution >= 0.6 is 0 Å². The lowest BCUT2D eigenvalue weighted by Gasteiger charge is -2.30. The fourth-order valence-corrected chi connectivity index (χ4v) is 4.68. The average Bonchev–Trinajstić information content (AvgIpc) is 2.98. The number of para-hydroxylation sites is 2. The third-order valence-corrected chi connectivity index (χ3v) is 6.20. The monoisotopic (exact) mass is 426 g/mol. The van der Waals surface area contributed by atoms with Crippen LogP contribution in [0.5, 0.6) is 11.5 Å². The maximum atomic E-state index is 13.6. The highest BCUT2D eigenvalue weighted by atomic mass is 16.5. The highest BCUT2D eigenvalue weighted by Crippen LogP contribution is 2.45. The molecule has 0 fully saturated rings. The van der Waals surface area contributed by atoms with Gasteiger partial charge in [0.25, 0.3) is 0 Å². The number of rotatable bonds is 4. The highest BCUT2D eigenvalue weighted by molar-refractivity contribution is 6.01. The van der Waals surface area contributed by atoms with E-state index in [2.05, 4.69) is 22.8 Å². The van der Waals surface area contributed by atoms with Gasteiger partial charge in [0, 0.05) is 17.7 Å². The van der Waals surface area contributed by atoms with Crippen LogP contribution in [0.1, 0.15) is 42.9 Å². The first-order valence-electron chi connectivity index (χ1n) is 11.0. The molecule has 0 radical (unpaired) electrons. The number of Topliss-reactive ketones (excluding diaryl/α,β-unsaturated/α-hetero) is 1. The molecule has 3 N–H and O–H groups in total. The van der Waals surface area contributed by atoms with Gasteiger partial charge in [0.05, 0.1) is 24.0 Å². The Morgan fingerprint density at radius 1 is 0.938 bits per heavy atom. The number of carbonyl (C=O) groups is 1. The summed E-state index contributed by atoms with van der Waals surface area (Å²) in [7, 11) is 0. The maximum Gasteiger partial charge on any atom is 0.163 e. The fourth-order valence-electron chi connectivity index (χ4n) is 4.68. The van der Waals surface area contributed by atoms with Crippen LogP contribution in [0, 0.1) is 0 Å². The van der Waals surface area contributed by atoms with Crippen molar-refractivity contribution in [2.45, 2.75) is 31.7 Å². The maximum absolute atomic E-state index is 13.6. The number of anilines is 2. The number of allylic oxidation sites excluding steroid dienone is 1. The first-order valence-corrected chi connectivity index (χ1v) is 11.0. The molecule has 162 valence electrons. The molecule has 0 bridgehead atoms. The molecule has 0 saturated carbocycles. The van der Waals surface area contributed by atoms with Crippen molar-refractivity contribution >= 4 is 17.2 Å². The molecule has 5 rings (SSSR count). The predicted octanol–water partition coefficient (Wildman–Crippen LogP) is 5.77. The van der Waals surface area contributed by atoms with Crippen molar-refractivity contribution < 1.29 is 14.6 Å². The van der Waals surface area contributed by atoms with Crippen molar-refractivity contribution in [1.29, 1.82) is 0 Å². The molecule has 5 nitrogen and oxygen atoms in total. The number of phenolic OH excluding ortho intramolecular Hbond substituents is 1. The summed E-state index contributed by atoms with van der Waals surface area (Å²) in [5.74, 6) is 0.782. The molecule has 0 aromatic heterocycles. The quantitative estimate of drug-likeness (QED) is 0.494. The molecule has 3 aromatic carbocycles. The standard InChI is InChI=1S/C27H26N2O3/c1-2-32-25-16-18(12-13-23(25)30)27-26-22(28-20-10-6-7-11-21(20)29-27)14-19(15-24(26)31)17-8-4-3-5-9-17/h3-13,16,19,27-30H,2,14-15H2,1H3/t19-,27+/m1/s1. The van der Waals surface area contributed by atoms with Crippen LogP contribution in [-0.2, 0) is 4.79 Å². The molecule has 0 saturated heterocycles. The number of hydrogen-bond acceptors (Lipinski definition) is 5. The molecular formula is C27H26N2O3. The number of benzene rings is 3. The summed E-state index contributed by atoms with van der Waals surface area (Å²) in [6, 6.07) is 23.2. The van der Waals surface area contributed by atoms with E-state index in [1.165, 1.54) is 5.56 Å². The van der Waals surface area contributed by atoms with E-state index in [1.807, 2.05) is 61.5 Å². The largest absolute Gasteiger partial charge is 0.504 e. The van der Waals surface area contributed by atoms with Gasteiger partial charge < -0.3 is 20.5 Å². The molecule has 2 aliphatic rings. The predicted molar refractivity (Wildman–Crippen MR) is 126 cm³/mol.